The maximum atomic E-state index is 6.14. The molecule has 2 N–H and O–H groups in total. The quantitative estimate of drug-likeness (QED) is 0.828. The average molecular weight is 223 g/mol. The van der Waals surface area contributed by atoms with Crippen LogP contribution in [0.4, 0.5) is 0 Å². The Hall–Kier alpha value is -1.42. The molecule has 1 aliphatic rings. The third kappa shape index (κ3) is 1.80. The number of methoxy groups -OCH3 is 1. The molecule has 0 amide bonds. The summed E-state index contributed by atoms with van der Waals surface area (Å²) in [5.74, 6) is 2.18. The number of hydrogen-bond acceptors (Lipinski definition) is 4. The summed E-state index contributed by atoms with van der Waals surface area (Å²) in [6, 6.07) is 3.71. The third-order valence-corrected chi connectivity index (χ3v) is 2.53. The molecule has 0 spiro atoms. The second kappa shape index (κ2) is 3.87. The summed E-state index contributed by atoms with van der Waals surface area (Å²) < 4.78 is 16.5. The topological polar surface area (TPSA) is 53.7 Å². The first-order valence-electron chi connectivity index (χ1n) is 5.30. The van der Waals surface area contributed by atoms with Gasteiger partial charge in [0.2, 0.25) is 0 Å². The predicted octanol–water partition coefficient (Wildman–Crippen LogP) is 1.66. The van der Waals surface area contributed by atoms with Gasteiger partial charge in [0.05, 0.1) is 12.7 Å². The lowest BCUT2D eigenvalue weighted by Gasteiger charge is -2.28. The van der Waals surface area contributed by atoms with Crippen molar-refractivity contribution in [1.29, 1.82) is 0 Å². The van der Waals surface area contributed by atoms with Crippen LogP contribution in [0.25, 0.3) is 0 Å². The van der Waals surface area contributed by atoms with Crippen molar-refractivity contribution in [3.63, 3.8) is 0 Å². The molecule has 0 fully saturated rings. The van der Waals surface area contributed by atoms with Gasteiger partial charge in [-0.25, -0.2) is 0 Å². The van der Waals surface area contributed by atoms with Crippen LogP contribution in [0, 0.1) is 0 Å². The van der Waals surface area contributed by atoms with Gasteiger partial charge in [0, 0.05) is 5.54 Å². The van der Waals surface area contributed by atoms with Crippen LogP contribution in [0.2, 0.25) is 0 Å². The minimum Gasteiger partial charge on any atom is -0.496 e. The highest BCUT2D eigenvalue weighted by molar-refractivity contribution is 5.57. The number of benzene rings is 1. The van der Waals surface area contributed by atoms with Gasteiger partial charge in [-0.1, -0.05) is 0 Å². The van der Waals surface area contributed by atoms with Crippen LogP contribution >= 0.6 is 0 Å². The summed E-state index contributed by atoms with van der Waals surface area (Å²) in [5.41, 5.74) is 6.47. The summed E-state index contributed by atoms with van der Waals surface area (Å²) in [6.45, 7) is 4.96. The van der Waals surface area contributed by atoms with Crippen LogP contribution in [0.1, 0.15) is 19.4 Å². The van der Waals surface area contributed by atoms with Gasteiger partial charge in [-0.3, -0.25) is 0 Å². The molecule has 1 aliphatic heterocycles. The van der Waals surface area contributed by atoms with Crippen molar-refractivity contribution in [1.82, 2.24) is 0 Å². The average Bonchev–Trinajstić information content (AvgIpc) is 2.26. The van der Waals surface area contributed by atoms with E-state index in [-0.39, 0.29) is 0 Å². The van der Waals surface area contributed by atoms with Gasteiger partial charge in [0.25, 0.3) is 0 Å². The van der Waals surface area contributed by atoms with E-state index in [0.29, 0.717) is 19.0 Å². The summed E-state index contributed by atoms with van der Waals surface area (Å²) in [5, 5.41) is 0. The molecular weight excluding hydrogens is 206 g/mol. The van der Waals surface area contributed by atoms with E-state index >= 15 is 0 Å². The fraction of sp³-hybridized carbons (Fsp3) is 0.500. The Morgan fingerprint density at radius 2 is 1.94 bits per heavy atom. The zero-order chi connectivity index (χ0) is 11.8. The highest BCUT2D eigenvalue weighted by Gasteiger charge is 2.28. The largest absolute Gasteiger partial charge is 0.496 e. The van der Waals surface area contributed by atoms with E-state index in [4.69, 9.17) is 19.9 Å². The Morgan fingerprint density at radius 3 is 2.56 bits per heavy atom. The Morgan fingerprint density at radius 1 is 1.25 bits per heavy atom. The maximum Gasteiger partial charge on any atom is 0.170 e. The third-order valence-electron chi connectivity index (χ3n) is 2.53. The Labute approximate surface area is 95.3 Å². The first-order valence-corrected chi connectivity index (χ1v) is 5.30. The molecule has 16 heavy (non-hydrogen) atoms. The Bertz CT molecular complexity index is 396. The van der Waals surface area contributed by atoms with Gasteiger partial charge < -0.3 is 19.9 Å². The molecule has 1 aromatic carbocycles. The van der Waals surface area contributed by atoms with Crippen LogP contribution in [-0.2, 0) is 5.54 Å². The second-order valence-electron chi connectivity index (χ2n) is 4.39. The molecule has 1 heterocycles. The molecule has 88 valence electrons. The van der Waals surface area contributed by atoms with E-state index in [0.717, 1.165) is 17.1 Å². The molecule has 0 radical (unpaired) electrons. The predicted molar refractivity (Wildman–Crippen MR) is 61.2 cm³/mol. The van der Waals surface area contributed by atoms with E-state index in [1.54, 1.807) is 7.11 Å². The zero-order valence-corrected chi connectivity index (χ0v) is 9.87. The molecule has 1 aromatic rings. The van der Waals surface area contributed by atoms with Crippen LogP contribution < -0.4 is 19.9 Å². The van der Waals surface area contributed by atoms with Crippen LogP contribution in [0.15, 0.2) is 12.1 Å². The standard InChI is InChI=1S/C12H17NO3/c1-12(2,13)10-8(14-3)4-5-9-11(10)16-7-6-15-9/h4-5H,6-7,13H2,1-3H3. The molecule has 0 saturated carbocycles. The number of fused-ring (bicyclic) bond motifs is 1. The summed E-state index contributed by atoms with van der Waals surface area (Å²) in [6.07, 6.45) is 0. The van der Waals surface area contributed by atoms with E-state index < -0.39 is 5.54 Å². The van der Waals surface area contributed by atoms with Crippen LogP contribution in [0.3, 0.4) is 0 Å². The van der Waals surface area contributed by atoms with E-state index in [2.05, 4.69) is 0 Å². The van der Waals surface area contributed by atoms with Crippen molar-refractivity contribution in [3.05, 3.63) is 17.7 Å². The minimum absolute atomic E-state index is 0.530. The molecule has 0 saturated heterocycles. The first-order chi connectivity index (χ1) is 7.54. The SMILES string of the molecule is COc1ccc2c(c1C(C)(C)N)OCCO2. The van der Waals surface area contributed by atoms with Crippen molar-refractivity contribution in [2.45, 2.75) is 19.4 Å². The molecule has 4 nitrogen and oxygen atoms in total. The summed E-state index contributed by atoms with van der Waals surface area (Å²) in [7, 11) is 1.63. The lowest BCUT2D eigenvalue weighted by atomic mass is 9.93. The molecule has 4 heteroatoms. The molecule has 0 aliphatic carbocycles. The highest BCUT2D eigenvalue weighted by Crippen LogP contribution is 2.43. The fourth-order valence-corrected chi connectivity index (χ4v) is 1.88. The van der Waals surface area contributed by atoms with Crippen molar-refractivity contribution in [2.75, 3.05) is 20.3 Å². The van der Waals surface area contributed by atoms with Gasteiger partial charge in [-0.2, -0.15) is 0 Å². The number of nitrogens with two attached hydrogens (primary N) is 1. The van der Waals surface area contributed by atoms with Gasteiger partial charge in [-0.15, -0.1) is 0 Å². The Kier molecular flexibility index (Phi) is 2.68. The van der Waals surface area contributed by atoms with Crippen molar-refractivity contribution >= 4 is 0 Å². The van der Waals surface area contributed by atoms with Gasteiger partial charge in [0.1, 0.15) is 19.0 Å². The van der Waals surface area contributed by atoms with E-state index in [9.17, 15) is 0 Å². The van der Waals surface area contributed by atoms with Crippen molar-refractivity contribution in [2.24, 2.45) is 5.73 Å². The number of hydrogen-bond donors (Lipinski definition) is 1. The smallest absolute Gasteiger partial charge is 0.170 e. The van der Waals surface area contributed by atoms with Crippen molar-refractivity contribution < 1.29 is 14.2 Å². The molecule has 0 bridgehead atoms. The monoisotopic (exact) mass is 223 g/mol. The van der Waals surface area contributed by atoms with Crippen molar-refractivity contribution in [3.8, 4) is 17.2 Å². The highest BCUT2D eigenvalue weighted by atomic mass is 16.6. The van der Waals surface area contributed by atoms with Crippen LogP contribution in [-0.4, -0.2) is 20.3 Å². The molecule has 2 rings (SSSR count). The molecular formula is C12H17NO3. The summed E-state index contributed by atoms with van der Waals surface area (Å²) >= 11 is 0. The lowest BCUT2D eigenvalue weighted by molar-refractivity contribution is 0.166. The molecule has 0 atom stereocenters. The minimum atomic E-state index is -0.530. The zero-order valence-electron chi connectivity index (χ0n) is 9.87. The van der Waals surface area contributed by atoms with E-state index in [1.807, 2.05) is 26.0 Å². The first kappa shape index (κ1) is 11.1. The normalized spacial score (nSPS) is 14.8. The maximum absolute atomic E-state index is 6.14. The molecule has 0 unspecified atom stereocenters. The van der Waals surface area contributed by atoms with Gasteiger partial charge in [-0.05, 0) is 26.0 Å². The fourth-order valence-electron chi connectivity index (χ4n) is 1.88. The van der Waals surface area contributed by atoms with E-state index in [1.165, 1.54) is 0 Å². The Balaban J connectivity index is 2.61. The lowest BCUT2D eigenvalue weighted by Crippen LogP contribution is -2.31. The van der Waals surface area contributed by atoms with Crippen LogP contribution in [0.5, 0.6) is 17.2 Å². The molecule has 0 aromatic heterocycles. The number of ether oxygens (including phenoxy) is 3. The summed E-state index contributed by atoms with van der Waals surface area (Å²) in [4.78, 5) is 0. The second-order valence-corrected chi connectivity index (χ2v) is 4.39. The number of rotatable bonds is 2. The van der Waals surface area contributed by atoms with Gasteiger partial charge in [0.15, 0.2) is 11.5 Å². The van der Waals surface area contributed by atoms with Gasteiger partial charge >= 0.3 is 0 Å².